The number of halogens is 12. The summed E-state index contributed by atoms with van der Waals surface area (Å²) < 4.78 is 117. The van der Waals surface area contributed by atoms with Gasteiger partial charge in [-0.3, -0.25) is 0 Å². The van der Waals surface area contributed by atoms with Crippen molar-refractivity contribution in [1.82, 2.24) is 0 Å². The summed E-state index contributed by atoms with van der Waals surface area (Å²) in [6, 6.07) is 0. The first-order valence-corrected chi connectivity index (χ1v) is 2.95. The minimum atomic E-state index is -6.00. The van der Waals surface area contributed by atoms with Crippen LogP contribution in [0.4, 0.5) is 51.8 Å². The van der Waals surface area contributed by atoms with E-state index in [9.17, 15) is 51.8 Å². The zero-order valence-corrected chi connectivity index (χ0v) is 11.5. The summed E-state index contributed by atoms with van der Waals surface area (Å²) in [6.07, 6.45) is 8.00. The summed E-state index contributed by atoms with van der Waals surface area (Å²) in [5.41, 5.74) is 0. The third kappa shape index (κ3) is 13200. The van der Waals surface area contributed by atoms with Crippen LogP contribution in [0.15, 0.2) is 0 Å². The molecule has 0 rings (SSSR count). The maximum Gasteiger partial charge on any atom is 1.00 e. The fourth-order valence-corrected chi connectivity index (χ4v) is 0. The van der Waals surface area contributed by atoms with Gasteiger partial charge in [0.15, 0.2) is 0 Å². The largest absolute Gasteiger partial charge is 1.00 e. The van der Waals surface area contributed by atoms with Gasteiger partial charge in [-0.2, -0.15) is 0 Å². The Kier molecular flexibility index (Phi) is 24.2. The summed E-state index contributed by atoms with van der Waals surface area (Å²) in [5, 5.41) is 0. The van der Waals surface area contributed by atoms with Crippen molar-refractivity contribution in [3.8, 4) is 12.8 Å². The molecule has 0 N–H and O–H groups in total. The van der Waals surface area contributed by atoms with Gasteiger partial charge in [0, 0.05) is 0 Å². The molecule has 0 aliphatic heterocycles. The molecule has 0 bridgehead atoms. The molecule has 0 nitrogen and oxygen atoms in total. The minimum absolute atomic E-state index is 0. The number of hydrogen-bond donors (Lipinski definition) is 0. The zero-order chi connectivity index (χ0) is 15.5. The van der Waals surface area contributed by atoms with E-state index in [0.717, 1.165) is 0 Å². The fraction of sp³-hybridized carbons (Fsp3) is 0. The van der Waals surface area contributed by atoms with Gasteiger partial charge < -0.3 is 53.2 Å². The van der Waals surface area contributed by atoms with E-state index in [1.807, 2.05) is 0 Å². The Morgan fingerprint density at radius 2 is 0.444 bits per heavy atom. The molecule has 0 atom stereocenters. The Balaban J connectivity index is -0.0000000298. The van der Waals surface area contributed by atoms with Crippen LogP contribution in [0.3, 0.4) is 0 Å². The first-order valence-electron chi connectivity index (χ1n) is 2.95. The summed E-state index contributed by atoms with van der Waals surface area (Å²) >= 11 is 0. The average Bonchev–Trinajstić information content (AvgIpc) is 1.77. The molecule has 0 fully saturated rings. The van der Waals surface area contributed by atoms with Crippen LogP contribution in [0.5, 0.6) is 0 Å². The van der Waals surface area contributed by atoms with Gasteiger partial charge in [-0.25, -0.2) is 0 Å². The molecule has 0 saturated heterocycles. The van der Waals surface area contributed by atoms with Gasteiger partial charge in [0.1, 0.15) is 0 Å². The molecule has 0 amide bonds. The van der Waals surface area contributed by atoms with Crippen LogP contribution >= 0.6 is 0 Å². The van der Waals surface area contributed by atoms with E-state index < -0.39 is 21.8 Å². The van der Waals surface area contributed by atoms with Crippen molar-refractivity contribution in [2.24, 2.45) is 0 Å². The van der Waals surface area contributed by atoms with Crippen molar-refractivity contribution in [2.45, 2.75) is 0 Å². The standard InChI is InChI=1S/C2H2.3BF4.K.H/c1-2;3*2-1(3,4)5;;/h1-2H;;;;;/q;3*-1;+1;-1. The van der Waals surface area contributed by atoms with E-state index in [0.29, 0.717) is 0 Å². The van der Waals surface area contributed by atoms with Gasteiger partial charge >= 0.3 is 73.1 Å². The SMILES string of the molecule is C#C.F[B-](F)(F)F.F[B-](F)(F)F.F[B-](F)(F)F.[H-].[K+]. The van der Waals surface area contributed by atoms with Crippen LogP contribution in [-0.2, 0) is 0 Å². The van der Waals surface area contributed by atoms with Gasteiger partial charge in [0.05, 0.1) is 0 Å². The van der Waals surface area contributed by atoms with Crippen molar-refractivity contribution in [3.63, 3.8) is 0 Å². The number of rotatable bonds is 0. The number of terminal acetylenes is 1. The Labute approximate surface area is 138 Å². The maximum atomic E-state index is 9.75. The summed E-state index contributed by atoms with van der Waals surface area (Å²) in [4.78, 5) is 0. The van der Waals surface area contributed by atoms with Crippen molar-refractivity contribution >= 4 is 21.8 Å². The predicted octanol–water partition coefficient (Wildman–Crippen LogP) is 1.27. The zero-order valence-electron chi connectivity index (χ0n) is 9.42. The number of hydrogen-bond acceptors (Lipinski definition) is 0. The molecule has 0 radical (unpaired) electrons. The predicted molar refractivity (Wildman–Crippen MR) is 41.6 cm³/mol. The van der Waals surface area contributed by atoms with Crippen LogP contribution < -0.4 is 51.4 Å². The average molecular weight is 327 g/mol. The van der Waals surface area contributed by atoms with E-state index in [1.54, 1.807) is 0 Å². The van der Waals surface area contributed by atoms with Gasteiger partial charge in [0.2, 0.25) is 0 Å². The van der Waals surface area contributed by atoms with Gasteiger partial charge in [-0.1, -0.05) is 0 Å². The molecular weight excluding hydrogens is 324 g/mol. The molecule has 0 spiro atoms. The van der Waals surface area contributed by atoms with Crippen LogP contribution in [-0.4, -0.2) is 21.8 Å². The third-order valence-electron chi connectivity index (χ3n) is 0. The molecule has 0 heterocycles. The first kappa shape index (κ1) is 31.1. The molecule has 0 saturated carbocycles. The molecule has 0 aromatic rings. The second-order valence-electron chi connectivity index (χ2n) is 1.48. The van der Waals surface area contributed by atoms with Gasteiger partial charge in [-0.05, 0) is 0 Å². The normalized spacial score (nSPS) is 10.1. The third-order valence-corrected chi connectivity index (χ3v) is 0. The second kappa shape index (κ2) is 14.0. The monoisotopic (exact) mass is 327 g/mol. The van der Waals surface area contributed by atoms with Crippen molar-refractivity contribution in [3.05, 3.63) is 0 Å². The van der Waals surface area contributed by atoms with Crippen LogP contribution in [0.2, 0.25) is 0 Å². The molecular formula is C2H3B3F12K-3. The summed E-state index contributed by atoms with van der Waals surface area (Å²) in [6.45, 7) is 0. The quantitative estimate of drug-likeness (QED) is 0.357. The molecule has 16 heteroatoms. The summed E-state index contributed by atoms with van der Waals surface area (Å²) in [7, 11) is -18.0. The Bertz CT molecular complexity index is 136. The van der Waals surface area contributed by atoms with E-state index in [-0.39, 0.29) is 52.8 Å². The molecule has 0 unspecified atom stereocenters. The Morgan fingerprint density at radius 3 is 0.444 bits per heavy atom. The molecule has 108 valence electrons. The molecule has 18 heavy (non-hydrogen) atoms. The molecule has 0 aromatic carbocycles. The maximum absolute atomic E-state index is 9.75. The van der Waals surface area contributed by atoms with E-state index in [4.69, 9.17) is 0 Å². The molecule has 0 aliphatic carbocycles. The van der Waals surface area contributed by atoms with Gasteiger partial charge in [0.25, 0.3) is 0 Å². The first-order chi connectivity index (χ1) is 7.00. The smallest absolute Gasteiger partial charge is 1.00 e. The van der Waals surface area contributed by atoms with Gasteiger partial charge in [-0.15, -0.1) is 12.8 Å². The van der Waals surface area contributed by atoms with Crippen LogP contribution in [0, 0.1) is 12.8 Å². The van der Waals surface area contributed by atoms with E-state index in [1.165, 1.54) is 0 Å². The van der Waals surface area contributed by atoms with E-state index in [2.05, 4.69) is 12.8 Å². The Hall–Kier alpha value is 0.551. The Morgan fingerprint density at radius 1 is 0.444 bits per heavy atom. The van der Waals surface area contributed by atoms with Crippen molar-refractivity contribution in [2.75, 3.05) is 0 Å². The molecule has 0 aromatic heterocycles. The fourth-order valence-electron chi connectivity index (χ4n) is 0. The molecule has 0 aliphatic rings. The van der Waals surface area contributed by atoms with Crippen LogP contribution in [0.1, 0.15) is 1.43 Å². The second-order valence-corrected chi connectivity index (χ2v) is 1.48. The minimum Gasteiger partial charge on any atom is -1.00 e. The van der Waals surface area contributed by atoms with Crippen molar-refractivity contribution < 1.29 is 105 Å². The summed E-state index contributed by atoms with van der Waals surface area (Å²) in [5.74, 6) is 0. The van der Waals surface area contributed by atoms with E-state index >= 15 is 0 Å². The van der Waals surface area contributed by atoms with Crippen LogP contribution in [0.25, 0.3) is 0 Å². The van der Waals surface area contributed by atoms with Crippen molar-refractivity contribution in [1.29, 1.82) is 0 Å². The topological polar surface area (TPSA) is 0 Å².